The molecule has 14 heavy (non-hydrogen) atoms. The zero-order chi connectivity index (χ0) is 10.3. The Labute approximate surface area is 85.2 Å². The van der Waals surface area contributed by atoms with E-state index in [0.717, 1.165) is 13.1 Å². The molecule has 2 fully saturated rings. The molecule has 0 aromatic heterocycles. The van der Waals surface area contributed by atoms with Crippen LogP contribution < -0.4 is 5.32 Å². The second kappa shape index (κ2) is 3.12. The van der Waals surface area contributed by atoms with Gasteiger partial charge in [-0.15, -0.1) is 0 Å². The van der Waals surface area contributed by atoms with Crippen molar-refractivity contribution in [2.24, 2.45) is 5.41 Å². The van der Waals surface area contributed by atoms with Crippen molar-refractivity contribution in [3.05, 3.63) is 0 Å². The molecule has 1 aliphatic heterocycles. The molecule has 1 spiro atoms. The van der Waals surface area contributed by atoms with Gasteiger partial charge in [-0.1, -0.05) is 0 Å². The van der Waals surface area contributed by atoms with Crippen molar-refractivity contribution in [1.82, 2.24) is 15.1 Å². The van der Waals surface area contributed by atoms with Gasteiger partial charge >= 0.3 is 6.03 Å². The van der Waals surface area contributed by atoms with Crippen molar-refractivity contribution in [3.8, 4) is 0 Å². The predicted octanol–water partition coefficient (Wildman–Crippen LogP) is 0.352. The Bertz CT molecular complexity index is 232. The quantitative estimate of drug-likeness (QED) is 0.658. The van der Waals surface area contributed by atoms with Crippen LogP contribution in [-0.4, -0.2) is 56.1 Å². The highest BCUT2D eigenvalue weighted by Crippen LogP contribution is 2.44. The zero-order valence-corrected chi connectivity index (χ0v) is 9.21. The van der Waals surface area contributed by atoms with Crippen molar-refractivity contribution in [3.63, 3.8) is 0 Å². The summed E-state index contributed by atoms with van der Waals surface area (Å²) in [5.41, 5.74) is 0.366. The molecule has 0 bridgehead atoms. The lowest BCUT2D eigenvalue weighted by molar-refractivity contribution is -0.00195. The number of hydrogen-bond donors (Lipinski definition) is 1. The van der Waals surface area contributed by atoms with E-state index in [-0.39, 0.29) is 6.03 Å². The zero-order valence-electron chi connectivity index (χ0n) is 9.21. The first kappa shape index (κ1) is 9.77. The molecular formula is C10H19N3O. The SMILES string of the molecule is CNC1CC2(C1)CN(C)C(=O)N(C)C2. The molecule has 80 valence electrons. The molecule has 0 aromatic carbocycles. The summed E-state index contributed by atoms with van der Waals surface area (Å²) in [5.74, 6) is 0. The van der Waals surface area contributed by atoms with E-state index >= 15 is 0 Å². The molecule has 1 aliphatic carbocycles. The van der Waals surface area contributed by atoms with Gasteiger partial charge in [0, 0.05) is 38.6 Å². The van der Waals surface area contributed by atoms with Gasteiger partial charge in [0.2, 0.25) is 0 Å². The van der Waals surface area contributed by atoms with Gasteiger partial charge in [0.1, 0.15) is 0 Å². The Hall–Kier alpha value is -0.770. The van der Waals surface area contributed by atoms with Crippen LogP contribution in [0.1, 0.15) is 12.8 Å². The number of carbonyl (C=O) groups is 1. The van der Waals surface area contributed by atoms with Gasteiger partial charge in [0.25, 0.3) is 0 Å². The van der Waals surface area contributed by atoms with Gasteiger partial charge in [-0.05, 0) is 19.9 Å². The van der Waals surface area contributed by atoms with Crippen LogP contribution in [0.15, 0.2) is 0 Å². The third kappa shape index (κ3) is 1.38. The number of hydrogen-bond acceptors (Lipinski definition) is 2. The van der Waals surface area contributed by atoms with Crippen molar-refractivity contribution >= 4 is 6.03 Å². The maximum absolute atomic E-state index is 11.5. The number of nitrogens with zero attached hydrogens (tertiary/aromatic N) is 2. The highest BCUT2D eigenvalue weighted by atomic mass is 16.2. The first-order valence-corrected chi connectivity index (χ1v) is 5.20. The van der Waals surface area contributed by atoms with E-state index in [1.54, 1.807) is 0 Å². The lowest BCUT2D eigenvalue weighted by Gasteiger charge is -2.54. The smallest absolute Gasteiger partial charge is 0.319 e. The monoisotopic (exact) mass is 197 g/mol. The molecule has 1 saturated carbocycles. The Morgan fingerprint density at radius 1 is 1.29 bits per heavy atom. The van der Waals surface area contributed by atoms with E-state index in [1.807, 2.05) is 30.9 Å². The van der Waals surface area contributed by atoms with Gasteiger partial charge < -0.3 is 15.1 Å². The van der Waals surface area contributed by atoms with E-state index < -0.39 is 0 Å². The summed E-state index contributed by atoms with van der Waals surface area (Å²) >= 11 is 0. The van der Waals surface area contributed by atoms with E-state index in [2.05, 4.69) is 5.32 Å². The third-order valence-electron chi connectivity index (χ3n) is 3.57. The number of amides is 2. The average molecular weight is 197 g/mol. The molecule has 2 rings (SSSR count). The first-order chi connectivity index (χ1) is 6.56. The molecule has 2 amide bonds. The fraction of sp³-hybridized carbons (Fsp3) is 0.900. The Kier molecular flexibility index (Phi) is 2.18. The van der Waals surface area contributed by atoms with Crippen LogP contribution in [-0.2, 0) is 0 Å². The number of nitrogens with one attached hydrogen (secondary N) is 1. The largest absolute Gasteiger partial charge is 0.327 e. The van der Waals surface area contributed by atoms with Crippen LogP contribution in [0.4, 0.5) is 4.79 Å². The fourth-order valence-electron chi connectivity index (χ4n) is 2.93. The maximum Gasteiger partial charge on any atom is 0.319 e. The fourth-order valence-corrected chi connectivity index (χ4v) is 2.93. The summed E-state index contributed by atoms with van der Waals surface area (Å²) in [7, 11) is 5.80. The number of carbonyl (C=O) groups excluding carboxylic acids is 1. The van der Waals surface area contributed by atoms with Crippen molar-refractivity contribution in [1.29, 1.82) is 0 Å². The molecule has 1 saturated heterocycles. The van der Waals surface area contributed by atoms with Crippen LogP contribution >= 0.6 is 0 Å². The first-order valence-electron chi connectivity index (χ1n) is 5.20. The minimum Gasteiger partial charge on any atom is -0.327 e. The summed E-state index contributed by atoms with van der Waals surface area (Å²) < 4.78 is 0. The topological polar surface area (TPSA) is 35.6 Å². The van der Waals surface area contributed by atoms with Gasteiger partial charge in [-0.2, -0.15) is 0 Å². The summed E-state index contributed by atoms with van der Waals surface area (Å²) in [6.45, 7) is 1.85. The summed E-state index contributed by atoms with van der Waals surface area (Å²) in [6.07, 6.45) is 2.40. The molecular weight excluding hydrogens is 178 g/mol. The Morgan fingerprint density at radius 2 is 1.79 bits per heavy atom. The third-order valence-corrected chi connectivity index (χ3v) is 3.57. The van der Waals surface area contributed by atoms with Crippen LogP contribution in [0.25, 0.3) is 0 Å². The highest BCUT2D eigenvalue weighted by molar-refractivity contribution is 5.75. The molecule has 0 atom stereocenters. The van der Waals surface area contributed by atoms with Gasteiger partial charge in [0.05, 0.1) is 0 Å². The standard InChI is InChI=1S/C10H19N3O/c1-11-8-4-10(5-8)6-12(2)9(14)13(3)7-10/h8,11H,4-7H2,1-3H3. The van der Waals surface area contributed by atoms with E-state index in [0.29, 0.717) is 11.5 Å². The van der Waals surface area contributed by atoms with Crippen molar-refractivity contribution < 1.29 is 4.79 Å². The maximum atomic E-state index is 11.5. The molecule has 1 N–H and O–H groups in total. The minimum absolute atomic E-state index is 0.156. The molecule has 4 nitrogen and oxygen atoms in total. The molecule has 0 aromatic rings. The van der Waals surface area contributed by atoms with Gasteiger partial charge in [0.15, 0.2) is 0 Å². The molecule has 2 aliphatic rings. The van der Waals surface area contributed by atoms with E-state index in [4.69, 9.17) is 0 Å². The highest BCUT2D eigenvalue weighted by Gasteiger charge is 2.48. The lowest BCUT2D eigenvalue weighted by atomic mass is 9.64. The van der Waals surface area contributed by atoms with Crippen molar-refractivity contribution in [2.75, 3.05) is 34.2 Å². The summed E-state index contributed by atoms with van der Waals surface area (Å²) in [5, 5.41) is 3.29. The Morgan fingerprint density at radius 3 is 2.21 bits per heavy atom. The lowest BCUT2D eigenvalue weighted by Crippen LogP contribution is -2.63. The molecule has 4 heteroatoms. The predicted molar refractivity (Wildman–Crippen MR) is 55.2 cm³/mol. The van der Waals surface area contributed by atoms with Crippen LogP contribution in [0, 0.1) is 5.41 Å². The number of rotatable bonds is 1. The normalized spacial score (nSPS) is 26.9. The van der Waals surface area contributed by atoms with E-state index in [1.165, 1.54) is 12.8 Å². The summed E-state index contributed by atoms with van der Waals surface area (Å²) in [6, 6.07) is 0.813. The van der Waals surface area contributed by atoms with Crippen molar-refractivity contribution in [2.45, 2.75) is 18.9 Å². The van der Waals surface area contributed by atoms with E-state index in [9.17, 15) is 4.79 Å². The summed E-state index contributed by atoms with van der Waals surface area (Å²) in [4.78, 5) is 15.2. The molecule has 0 unspecified atom stereocenters. The van der Waals surface area contributed by atoms with Crippen LogP contribution in [0.5, 0.6) is 0 Å². The average Bonchev–Trinajstić information content (AvgIpc) is 2.09. The Balaban J connectivity index is 2.00. The number of urea groups is 1. The molecule has 1 heterocycles. The van der Waals surface area contributed by atoms with Gasteiger partial charge in [-0.3, -0.25) is 0 Å². The van der Waals surface area contributed by atoms with Gasteiger partial charge in [-0.25, -0.2) is 4.79 Å². The van der Waals surface area contributed by atoms with Crippen LogP contribution in [0.2, 0.25) is 0 Å². The molecule has 0 radical (unpaired) electrons. The van der Waals surface area contributed by atoms with Crippen LogP contribution in [0.3, 0.4) is 0 Å². The second-order valence-corrected chi connectivity index (χ2v) is 4.89. The second-order valence-electron chi connectivity index (χ2n) is 4.89. The minimum atomic E-state index is 0.156.